The highest BCUT2D eigenvalue weighted by Crippen LogP contribution is 2.26. The summed E-state index contributed by atoms with van der Waals surface area (Å²) in [5, 5.41) is 19.7. The Morgan fingerprint density at radius 3 is 2.59 bits per heavy atom. The molecule has 1 heterocycles. The lowest BCUT2D eigenvalue weighted by Crippen LogP contribution is -2.15. The fourth-order valence-electron chi connectivity index (χ4n) is 3.27. The molecule has 0 atom stereocenters. The maximum atomic E-state index is 12.8. The smallest absolute Gasteiger partial charge is 0.265 e. The minimum atomic E-state index is -0.202. The molecule has 4 aromatic rings. The molecule has 7 N–H and O–H groups in total. The molecule has 1 amide bonds. The highest BCUT2D eigenvalue weighted by molar-refractivity contribution is 7.20. The van der Waals surface area contributed by atoms with Gasteiger partial charge in [0.1, 0.15) is 12.2 Å². The molecule has 0 bridgehead atoms. The number of rotatable bonds is 6. The second kappa shape index (κ2) is 8.83. The lowest BCUT2D eigenvalue weighted by Gasteiger charge is -2.12. The van der Waals surface area contributed by atoms with Gasteiger partial charge in [0, 0.05) is 32.8 Å². The number of nitrogens with zero attached hydrogens (tertiary/aromatic N) is 1. The zero-order valence-corrected chi connectivity index (χ0v) is 17.7. The Labute approximate surface area is 188 Å². The van der Waals surface area contributed by atoms with E-state index >= 15 is 0 Å². The van der Waals surface area contributed by atoms with Gasteiger partial charge in [-0.15, -0.1) is 11.3 Å². The van der Waals surface area contributed by atoms with Crippen LogP contribution in [0.3, 0.4) is 0 Å². The predicted molar refractivity (Wildman–Crippen MR) is 133 cm³/mol. The van der Waals surface area contributed by atoms with E-state index in [9.17, 15) is 4.79 Å². The van der Waals surface area contributed by atoms with Gasteiger partial charge in [-0.05, 0) is 47.9 Å². The second-order valence-electron chi connectivity index (χ2n) is 7.00. The molecule has 1 aromatic heterocycles. The number of carbonyl (C=O) groups excluding carboxylic acids is 1. The number of aliphatic imine (C=N–C) groups is 1. The van der Waals surface area contributed by atoms with Crippen LogP contribution in [0.2, 0.25) is 0 Å². The van der Waals surface area contributed by atoms with E-state index in [4.69, 9.17) is 22.3 Å². The molecule has 8 heteroatoms. The Morgan fingerprint density at radius 2 is 1.81 bits per heavy atom. The number of thiophene rings is 1. The van der Waals surface area contributed by atoms with Crippen LogP contribution in [0.1, 0.15) is 26.4 Å². The highest BCUT2D eigenvalue weighted by atomic mass is 32.1. The summed E-state index contributed by atoms with van der Waals surface area (Å²) in [6, 6.07) is 21.8. The lowest BCUT2D eigenvalue weighted by atomic mass is 9.98. The third kappa shape index (κ3) is 4.26. The molecule has 7 nitrogen and oxygen atoms in total. The molecular weight excluding hydrogens is 420 g/mol. The first-order valence-electron chi connectivity index (χ1n) is 9.67. The zero-order chi connectivity index (χ0) is 22.7. The minimum Gasteiger partial charge on any atom is -0.398 e. The molecule has 0 spiro atoms. The van der Waals surface area contributed by atoms with E-state index in [1.54, 1.807) is 42.5 Å². The fourth-order valence-corrected chi connectivity index (χ4v) is 4.23. The van der Waals surface area contributed by atoms with Crippen molar-refractivity contribution >= 4 is 56.6 Å². The van der Waals surface area contributed by atoms with Crippen molar-refractivity contribution in [2.24, 2.45) is 10.7 Å². The summed E-state index contributed by atoms with van der Waals surface area (Å²) in [5.41, 5.74) is 14.8. The Kier molecular flexibility index (Phi) is 5.78. The van der Waals surface area contributed by atoms with Crippen molar-refractivity contribution < 1.29 is 4.79 Å². The number of nitrogen functional groups attached to an aromatic ring is 1. The average Bonchev–Trinajstić information content (AvgIpc) is 3.24. The first kappa shape index (κ1) is 21.0. The van der Waals surface area contributed by atoms with Gasteiger partial charge in [-0.2, -0.15) is 0 Å². The Hall–Kier alpha value is -4.30. The number of fused-ring (bicyclic) bond motifs is 1. The summed E-state index contributed by atoms with van der Waals surface area (Å²) >= 11 is 1.43. The van der Waals surface area contributed by atoms with Crippen molar-refractivity contribution in [1.29, 1.82) is 10.8 Å². The van der Waals surface area contributed by atoms with Crippen molar-refractivity contribution in [3.05, 3.63) is 94.4 Å². The number of nitrogens with one attached hydrogen (secondary N) is 3. The maximum Gasteiger partial charge on any atom is 0.265 e. The van der Waals surface area contributed by atoms with Gasteiger partial charge in [-0.25, -0.2) is 4.99 Å². The summed E-state index contributed by atoms with van der Waals surface area (Å²) in [7, 11) is 0. The van der Waals surface area contributed by atoms with E-state index < -0.39 is 0 Å². The summed E-state index contributed by atoms with van der Waals surface area (Å²) in [4.78, 5) is 17.1. The number of hydrogen-bond acceptors (Lipinski definition) is 5. The monoisotopic (exact) mass is 440 g/mol. The van der Waals surface area contributed by atoms with Crippen molar-refractivity contribution in [3.63, 3.8) is 0 Å². The molecule has 3 aromatic carbocycles. The van der Waals surface area contributed by atoms with E-state index in [0.29, 0.717) is 32.9 Å². The molecule has 0 unspecified atom stereocenters. The molecule has 0 radical (unpaired) electrons. The van der Waals surface area contributed by atoms with Crippen LogP contribution in [0.25, 0.3) is 10.1 Å². The minimum absolute atomic E-state index is 0.165. The van der Waals surface area contributed by atoms with Gasteiger partial charge in [-0.1, -0.05) is 30.3 Å². The van der Waals surface area contributed by atoms with Gasteiger partial charge in [0.2, 0.25) is 0 Å². The molecule has 4 rings (SSSR count). The van der Waals surface area contributed by atoms with Crippen molar-refractivity contribution in [2.45, 2.75) is 0 Å². The van der Waals surface area contributed by atoms with E-state index in [0.717, 1.165) is 16.4 Å². The topological polar surface area (TPSA) is 141 Å². The van der Waals surface area contributed by atoms with Crippen LogP contribution in [0.15, 0.2) is 77.8 Å². The van der Waals surface area contributed by atoms with E-state index in [1.165, 1.54) is 11.3 Å². The van der Waals surface area contributed by atoms with Crippen LogP contribution in [0, 0.1) is 10.8 Å². The summed E-state index contributed by atoms with van der Waals surface area (Å²) in [5.74, 6) is -0.0366. The van der Waals surface area contributed by atoms with E-state index in [2.05, 4.69) is 10.3 Å². The molecule has 0 aliphatic rings. The van der Waals surface area contributed by atoms with E-state index in [-0.39, 0.29) is 17.5 Å². The van der Waals surface area contributed by atoms with Gasteiger partial charge >= 0.3 is 0 Å². The molecule has 158 valence electrons. The zero-order valence-electron chi connectivity index (χ0n) is 16.9. The van der Waals surface area contributed by atoms with Crippen LogP contribution < -0.4 is 16.8 Å². The van der Waals surface area contributed by atoms with Crippen LogP contribution in [-0.4, -0.2) is 23.8 Å². The lowest BCUT2D eigenvalue weighted by molar-refractivity contribution is 0.103. The second-order valence-corrected chi connectivity index (χ2v) is 8.09. The quantitative estimate of drug-likeness (QED) is 0.172. The van der Waals surface area contributed by atoms with Crippen molar-refractivity contribution in [1.82, 2.24) is 0 Å². The molecule has 0 saturated carbocycles. The van der Waals surface area contributed by atoms with Crippen molar-refractivity contribution in [3.8, 4) is 0 Å². The highest BCUT2D eigenvalue weighted by Gasteiger charge is 2.14. The Morgan fingerprint density at radius 1 is 1.00 bits per heavy atom. The molecule has 0 saturated heterocycles. The third-order valence-electron chi connectivity index (χ3n) is 4.88. The van der Waals surface area contributed by atoms with Gasteiger partial charge < -0.3 is 16.8 Å². The van der Waals surface area contributed by atoms with Crippen LogP contribution in [-0.2, 0) is 0 Å². The van der Waals surface area contributed by atoms with Crippen molar-refractivity contribution in [2.75, 3.05) is 11.1 Å². The number of amidine groups is 1. The van der Waals surface area contributed by atoms with Crippen LogP contribution >= 0.6 is 11.3 Å². The number of hydrogen-bond donors (Lipinski definition) is 5. The summed E-state index contributed by atoms with van der Waals surface area (Å²) in [6.07, 6.45) is 0.861. The number of anilines is 2. The molecule has 32 heavy (non-hydrogen) atoms. The number of amides is 1. The summed E-state index contributed by atoms with van der Waals surface area (Å²) < 4.78 is 1.05. The SMILES string of the molecule is N=CN=C(N)c1ccc(N)c(C(=N)c2cccc(NC(=O)c3cc4ccccc4s3)c2)c1. The van der Waals surface area contributed by atoms with Crippen LogP contribution in [0.4, 0.5) is 11.4 Å². The number of nitrogens with two attached hydrogens (primary N) is 2. The standard InChI is InChI=1S/C24H20N6OS/c25-13-29-23(28)16-8-9-19(26)18(11-16)22(27)15-5-3-6-17(10-15)30-24(31)21-12-14-4-1-2-7-20(14)32-21/h1-13,27H,26H2,(H,30,31)(H3,25,28,29). The predicted octanol–water partition coefficient (Wildman–Crippen LogP) is 4.46. The summed E-state index contributed by atoms with van der Waals surface area (Å²) in [6.45, 7) is 0. The fraction of sp³-hybridized carbons (Fsp3) is 0. The number of carbonyl (C=O) groups is 1. The van der Waals surface area contributed by atoms with Gasteiger partial charge in [0.05, 0.1) is 10.6 Å². The molecule has 0 aliphatic heterocycles. The average molecular weight is 441 g/mol. The Balaban J connectivity index is 1.59. The number of benzene rings is 3. The molecular formula is C24H20N6OS. The Bertz CT molecular complexity index is 1360. The first-order chi connectivity index (χ1) is 15.5. The van der Waals surface area contributed by atoms with Gasteiger partial charge in [-0.3, -0.25) is 15.6 Å². The normalized spacial score (nSPS) is 11.3. The van der Waals surface area contributed by atoms with Gasteiger partial charge in [0.25, 0.3) is 5.91 Å². The molecule has 0 fully saturated rings. The van der Waals surface area contributed by atoms with Gasteiger partial charge in [0.15, 0.2) is 0 Å². The molecule has 0 aliphatic carbocycles. The van der Waals surface area contributed by atoms with E-state index in [1.807, 2.05) is 30.3 Å². The largest absolute Gasteiger partial charge is 0.398 e. The maximum absolute atomic E-state index is 12.8. The van der Waals surface area contributed by atoms with Crippen LogP contribution in [0.5, 0.6) is 0 Å². The first-order valence-corrected chi connectivity index (χ1v) is 10.5. The third-order valence-corrected chi connectivity index (χ3v) is 6.00.